The minimum Gasteiger partial charge on any atom is -0.308 e. The van der Waals surface area contributed by atoms with E-state index in [-0.39, 0.29) is 0 Å². The molecule has 0 aliphatic rings. The molecule has 0 unspecified atom stereocenters. The minimum absolute atomic E-state index is 0.496. The fraction of sp³-hybridized carbons (Fsp3) is 0.0784. The van der Waals surface area contributed by atoms with Crippen molar-refractivity contribution >= 4 is 49.3 Å². The van der Waals surface area contributed by atoms with Gasteiger partial charge in [0.05, 0.1) is 40.0 Å². The second kappa shape index (κ2) is 12.9. The Morgan fingerprint density at radius 3 is 1.34 bits per heavy atom. The summed E-state index contributed by atoms with van der Waals surface area (Å²) in [4.78, 5) is 14.0. The lowest BCUT2D eigenvalue weighted by Gasteiger charge is -2.20. The molecule has 0 radical (unpaired) electrons. The van der Waals surface area contributed by atoms with E-state index in [0.29, 0.717) is 17.1 Å². The molecule has 0 saturated heterocycles. The molecule has 5 heteroatoms. The van der Waals surface area contributed by atoms with Crippen LogP contribution in [0.5, 0.6) is 0 Å². The van der Waals surface area contributed by atoms with Crippen LogP contribution in [0.15, 0.2) is 152 Å². The summed E-state index contributed by atoms with van der Waals surface area (Å²) in [5.41, 5.74) is 16.1. The zero-order valence-electron chi connectivity index (χ0n) is 31.7. The van der Waals surface area contributed by atoms with E-state index in [1.807, 2.05) is 26.0 Å². The summed E-state index contributed by atoms with van der Waals surface area (Å²) >= 11 is 0. The Morgan fingerprint density at radius 1 is 0.429 bits per heavy atom. The van der Waals surface area contributed by atoms with Crippen LogP contribution in [0.2, 0.25) is 0 Å². The Labute approximate surface area is 325 Å². The van der Waals surface area contributed by atoms with Crippen molar-refractivity contribution in [2.24, 2.45) is 0 Å². The van der Waals surface area contributed by atoms with Gasteiger partial charge in [0.2, 0.25) is 0 Å². The maximum atomic E-state index is 8.55. The van der Waals surface area contributed by atoms with E-state index in [2.05, 4.69) is 167 Å². The molecule has 0 spiro atoms. The highest BCUT2D eigenvalue weighted by Gasteiger charge is 2.23. The van der Waals surface area contributed by atoms with Crippen molar-refractivity contribution in [2.45, 2.75) is 27.7 Å². The van der Waals surface area contributed by atoms with E-state index >= 15 is 0 Å². The molecule has 10 rings (SSSR count). The van der Waals surface area contributed by atoms with Gasteiger partial charge in [-0.25, -0.2) is 14.8 Å². The zero-order chi connectivity index (χ0) is 38.1. The molecule has 0 atom stereocenters. The number of nitrogens with zero attached hydrogens (tertiary/aromatic N) is 5. The predicted molar refractivity (Wildman–Crippen MR) is 232 cm³/mol. The number of aryl methyl sites for hydroxylation is 4. The minimum atomic E-state index is 0.496. The van der Waals surface area contributed by atoms with Gasteiger partial charge in [0.15, 0.2) is 5.69 Å². The Morgan fingerprint density at radius 2 is 0.857 bits per heavy atom. The third-order valence-corrected chi connectivity index (χ3v) is 11.0. The molecule has 0 aliphatic carbocycles. The molecule has 0 aliphatic heterocycles. The maximum Gasteiger partial charge on any atom is 0.200 e. The SMILES string of the molecule is [C-]#[N+]c1cc(-n2c3ccccc3c3ccc(-c4ccc(C)cc4)cc32)c(-n2c3ccccc3c3ccc(-c4ccc(C)cc4)cc32)cc1-c1nc(C)cc(C)n1. The van der Waals surface area contributed by atoms with Crippen LogP contribution in [0.4, 0.5) is 5.69 Å². The second-order valence-electron chi connectivity index (χ2n) is 14.8. The number of hydrogen-bond donors (Lipinski definition) is 0. The first-order valence-electron chi connectivity index (χ1n) is 18.9. The molecular formula is C51H37N5. The van der Waals surface area contributed by atoms with Crippen molar-refractivity contribution in [3.63, 3.8) is 0 Å². The van der Waals surface area contributed by atoms with Gasteiger partial charge in [-0.1, -0.05) is 120 Å². The second-order valence-corrected chi connectivity index (χ2v) is 14.8. The third-order valence-electron chi connectivity index (χ3n) is 11.0. The first kappa shape index (κ1) is 33.3. The third kappa shape index (κ3) is 5.38. The van der Waals surface area contributed by atoms with Gasteiger partial charge in [-0.2, -0.15) is 0 Å². The summed E-state index contributed by atoms with van der Waals surface area (Å²) in [5, 5.41) is 4.62. The van der Waals surface area contributed by atoms with Gasteiger partial charge in [-0.05, 0) is 92.4 Å². The molecule has 266 valence electrons. The summed E-state index contributed by atoms with van der Waals surface area (Å²) in [6, 6.07) is 54.3. The van der Waals surface area contributed by atoms with Crippen molar-refractivity contribution in [1.29, 1.82) is 0 Å². The smallest absolute Gasteiger partial charge is 0.200 e. The first-order valence-corrected chi connectivity index (χ1v) is 18.9. The molecule has 0 fully saturated rings. The van der Waals surface area contributed by atoms with E-state index in [4.69, 9.17) is 16.5 Å². The first-order chi connectivity index (χ1) is 27.3. The molecule has 0 amide bonds. The molecule has 10 aromatic rings. The van der Waals surface area contributed by atoms with Crippen LogP contribution in [0.1, 0.15) is 22.5 Å². The molecule has 0 saturated carbocycles. The molecule has 3 heterocycles. The summed E-state index contributed by atoms with van der Waals surface area (Å²) in [6.45, 7) is 16.8. The van der Waals surface area contributed by atoms with Gasteiger partial charge < -0.3 is 9.13 Å². The van der Waals surface area contributed by atoms with Crippen LogP contribution in [0.3, 0.4) is 0 Å². The standard InChI is InChI=1S/C51H37N5/c1-31-14-18-35(19-15-31)37-22-24-41-39-10-6-8-12-45(39)55(47(41)27-37)49-29-43(51-53-33(3)26-34(4)54-51)44(52-5)30-50(49)56-46-13-9-7-11-40(46)42-25-23-38(28-48(42)56)36-20-16-32(2)17-21-36/h6-30H,1-4H3. The van der Waals surface area contributed by atoms with E-state index < -0.39 is 0 Å². The van der Waals surface area contributed by atoms with Crippen LogP contribution in [0, 0.1) is 34.3 Å². The van der Waals surface area contributed by atoms with Gasteiger partial charge in [0.25, 0.3) is 0 Å². The highest BCUT2D eigenvalue weighted by Crippen LogP contribution is 2.44. The summed E-state index contributed by atoms with van der Waals surface area (Å²) < 4.78 is 4.73. The van der Waals surface area contributed by atoms with E-state index in [1.165, 1.54) is 11.1 Å². The van der Waals surface area contributed by atoms with Gasteiger partial charge in [-0.15, -0.1) is 0 Å². The van der Waals surface area contributed by atoms with Crippen LogP contribution in [0.25, 0.3) is 93.5 Å². The van der Waals surface area contributed by atoms with Crippen LogP contribution in [-0.2, 0) is 0 Å². The molecule has 0 N–H and O–H groups in total. The molecule has 5 nitrogen and oxygen atoms in total. The Balaban J connectivity index is 1.36. The number of para-hydroxylation sites is 2. The number of benzene rings is 7. The van der Waals surface area contributed by atoms with Crippen LogP contribution < -0.4 is 0 Å². The highest BCUT2D eigenvalue weighted by molar-refractivity contribution is 6.13. The number of hydrogen-bond acceptors (Lipinski definition) is 2. The van der Waals surface area contributed by atoms with Gasteiger partial charge in [0.1, 0.15) is 5.82 Å². The summed E-state index contributed by atoms with van der Waals surface area (Å²) in [7, 11) is 0. The average molecular weight is 720 g/mol. The van der Waals surface area contributed by atoms with Gasteiger partial charge in [0, 0.05) is 38.5 Å². The molecular weight excluding hydrogens is 683 g/mol. The average Bonchev–Trinajstić information content (AvgIpc) is 3.72. The van der Waals surface area contributed by atoms with Crippen LogP contribution in [-0.4, -0.2) is 19.1 Å². The topological polar surface area (TPSA) is 40.0 Å². The van der Waals surface area contributed by atoms with Gasteiger partial charge in [-0.3, -0.25) is 0 Å². The Kier molecular flexibility index (Phi) is 7.69. The number of rotatable bonds is 5. The molecule has 56 heavy (non-hydrogen) atoms. The largest absolute Gasteiger partial charge is 0.308 e. The van der Waals surface area contributed by atoms with Crippen LogP contribution >= 0.6 is 0 Å². The Hall–Kier alpha value is -7.29. The van der Waals surface area contributed by atoms with E-state index in [0.717, 1.165) is 88.6 Å². The monoisotopic (exact) mass is 719 g/mol. The molecule has 3 aromatic heterocycles. The lowest BCUT2D eigenvalue weighted by molar-refractivity contribution is 1.06. The quantitative estimate of drug-likeness (QED) is 0.166. The van der Waals surface area contributed by atoms with Crippen molar-refractivity contribution in [2.75, 3.05) is 0 Å². The zero-order valence-corrected chi connectivity index (χ0v) is 31.7. The lowest BCUT2D eigenvalue weighted by Crippen LogP contribution is -2.05. The fourth-order valence-corrected chi connectivity index (χ4v) is 8.35. The molecule has 0 bridgehead atoms. The van der Waals surface area contributed by atoms with E-state index in [9.17, 15) is 0 Å². The normalized spacial score (nSPS) is 11.6. The summed E-state index contributed by atoms with van der Waals surface area (Å²) in [5.74, 6) is 0.547. The van der Waals surface area contributed by atoms with Crippen molar-refractivity contribution in [3.8, 4) is 45.0 Å². The van der Waals surface area contributed by atoms with Crippen molar-refractivity contribution < 1.29 is 0 Å². The summed E-state index contributed by atoms with van der Waals surface area (Å²) in [6.07, 6.45) is 0. The van der Waals surface area contributed by atoms with E-state index in [1.54, 1.807) is 0 Å². The molecule has 7 aromatic carbocycles. The Bertz CT molecular complexity index is 3210. The van der Waals surface area contributed by atoms with Gasteiger partial charge >= 0.3 is 0 Å². The number of aromatic nitrogens is 4. The fourth-order valence-electron chi connectivity index (χ4n) is 8.35. The maximum absolute atomic E-state index is 8.55. The lowest BCUT2D eigenvalue weighted by atomic mass is 10.0. The number of fused-ring (bicyclic) bond motifs is 6. The van der Waals surface area contributed by atoms with Crippen molar-refractivity contribution in [1.82, 2.24) is 19.1 Å². The highest BCUT2D eigenvalue weighted by atomic mass is 15.1. The predicted octanol–water partition coefficient (Wildman–Crippen LogP) is 13.5. The van der Waals surface area contributed by atoms with Crippen molar-refractivity contribution in [3.05, 3.63) is 186 Å².